The predicted octanol–water partition coefficient (Wildman–Crippen LogP) is 4.03. The van der Waals surface area contributed by atoms with Crippen molar-refractivity contribution in [2.75, 3.05) is 11.4 Å². The van der Waals surface area contributed by atoms with Crippen molar-refractivity contribution in [1.29, 1.82) is 0 Å². The molecule has 0 saturated carbocycles. The number of rotatable bonds is 1. The third kappa shape index (κ3) is 3.11. The molecule has 2 rings (SSSR count). The second-order valence-corrected chi connectivity index (χ2v) is 5.61. The summed E-state index contributed by atoms with van der Waals surface area (Å²) < 4.78 is 39.6. The largest absolute Gasteiger partial charge is 0.418 e. The van der Waals surface area contributed by atoms with Crippen LogP contribution in [0.15, 0.2) is 22.7 Å². The molecule has 1 aromatic carbocycles. The molecule has 1 aliphatic heterocycles. The fraction of sp³-hybridized carbons (Fsp3) is 0.462. The second kappa shape index (κ2) is 5.15. The topological polar surface area (TPSA) is 20.3 Å². The summed E-state index contributed by atoms with van der Waals surface area (Å²) in [5, 5.41) is 0. The summed E-state index contributed by atoms with van der Waals surface area (Å²) in [4.78, 5) is 13.0. The number of ketones is 1. The average Bonchev–Trinajstić information content (AvgIpc) is 2.28. The number of alkyl halides is 3. The Morgan fingerprint density at radius 1 is 1.37 bits per heavy atom. The van der Waals surface area contributed by atoms with Gasteiger partial charge < -0.3 is 4.90 Å². The number of Topliss-reactive ketones (excluding diaryl/α,β-unsaturated/α-hetero) is 1. The number of benzene rings is 1. The lowest BCUT2D eigenvalue weighted by Crippen LogP contribution is -2.42. The smallest absolute Gasteiger partial charge is 0.367 e. The van der Waals surface area contributed by atoms with Gasteiger partial charge in [-0.3, -0.25) is 4.79 Å². The highest BCUT2D eigenvalue weighted by atomic mass is 79.9. The van der Waals surface area contributed by atoms with Gasteiger partial charge in [-0.2, -0.15) is 13.2 Å². The molecule has 0 aromatic heterocycles. The lowest BCUT2D eigenvalue weighted by molar-refractivity contribution is -0.137. The van der Waals surface area contributed by atoms with E-state index in [0.717, 1.165) is 6.07 Å². The number of hydrogen-bond donors (Lipinski definition) is 0. The van der Waals surface area contributed by atoms with Gasteiger partial charge in [-0.1, -0.05) is 15.9 Å². The van der Waals surface area contributed by atoms with Gasteiger partial charge in [0.25, 0.3) is 0 Å². The van der Waals surface area contributed by atoms with Gasteiger partial charge in [0, 0.05) is 35.6 Å². The minimum atomic E-state index is -4.40. The van der Waals surface area contributed by atoms with Crippen LogP contribution in [-0.2, 0) is 11.0 Å². The summed E-state index contributed by atoms with van der Waals surface area (Å²) in [6.07, 6.45) is -3.80. The summed E-state index contributed by atoms with van der Waals surface area (Å²) in [5.74, 6) is 0.106. The maximum atomic E-state index is 13.1. The molecular weight excluding hydrogens is 323 g/mol. The van der Waals surface area contributed by atoms with Gasteiger partial charge in [0.2, 0.25) is 0 Å². The van der Waals surface area contributed by atoms with E-state index < -0.39 is 11.7 Å². The number of piperidine rings is 1. The average molecular weight is 336 g/mol. The summed E-state index contributed by atoms with van der Waals surface area (Å²) in [6, 6.07) is 3.93. The number of carbonyl (C=O) groups excluding carboxylic acids is 1. The van der Waals surface area contributed by atoms with Crippen LogP contribution >= 0.6 is 15.9 Å². The first-order valence-electron chi connectivity index (χ1n) is 5.94. The van der Waals surface area contributed by atoms with Crippen molar-refractivity contribution in [3.63, 3.8) is 0 Å². The number of carbonyl (C=O) groups is 1. The molecule has 0 aliphatic carbocycles. The molecule has 19 heavy (non-hydrogen) atoms. The van der Waals surface area contributed by atoms with Crippen LogP contribution in [0.5, 0.6) is 0 Å². The Morgan fingerprint density at radius 2 is 2.05 bits per heavy atom. The van der Waals surface area contributed by atoms with Gasteiger partial charge in [-0.05, 0) is 25.1 Å². The molecule has 0 amide bonds. The lowest BCUT2D eigenvalue weighted by atomic mass is 10.00. The van der Waals surface area contributed by atoms with Gasteiger partial charge in [0.1, 0.15) is 5.78 Å². The quantitative estimate of drug-likeness (QED) is 0.772. The Bertz CT molecular complexity index is 501. The third-order valence-electron chi connectivity index (χ3n) is 3.26. The van der Waals surface area contributed by atoms with E-state index >= 15 is 0 Å². The van der Waals surface area contributed by atoms with Crippen LogP contribution in [0.2, 0.25) is 0 Å². The van der Waals surface area contributed by atoms with Gasteiger partial charge in [-0.25, -0.2) is 0 Å². The molecule has 104 valence electrons. The summed E-state index contributed by atoms with van der Waals surface area (Å²) in [6.45, 7) is 2.12. The number of nitrogens with zero attached hydrogens (tertiary/aromatic N) is 1. The first-order valence-corrected chi connectivity index (χ1v) is 6.73. The van der Waals surface area contributed by atoms with Crippen LogP contribution < -0.4 is 4.90 Å². The van der Waals surface area contributed by atoms with E-state index in [0.29, 0.717) is 23.9 Å². The molecular formula is C13H13BrF3NO. The van der Waals surface area contributed by atoms with Crippen LogP contribution in [0.1, 0.15) is 25.3 Å². The molecule has 0 radical (unpaired) electrons. The molecule has 1 heterocycles. The molecule has 1 aromatic rings. The standard InChI is InChI=1S/C13H13BrF3NO/c1-8-6-10(19)4-5-18(8)12-3-2-9(14)7-11(12)13(15,16)17/h2-3,7-8H,4-6H2,1H3. The van der Waals surface area contributed by atoms with Gasteiger partial charge in [-0.15, -0.1) is 0 Å². The second-order valence-electron chi connectivity index (χ2n) is 4.69. The van der Waals surface area contributed by atoms with E-state index in [1.807, 2.05) is 0 Å². The Morgan fingerprint density at radius 3 is 2.63 bits per heavy atom. The fourth-order valence-corrected chi connectivity index (χ4v) is 2.71. The number of anilines is 1. The zero-order valence-corrected chi connectivity index (χ0v) is 11.9. The highest BCUT2D eigenvalue weighted by Gasteiger charge is 2.37. The van der Waals surface area contributed by atoms with Crippen LogP contribution in [0.25, 0.3) is 0 Å². The van der Waals surface area contributed by atoms with Gasteiger partial charge in [0.05, 0.1) is 5.56 Å². The minimum Gasteiger partial charge on any atom is -0.367 e. The highest BCUT2D eigenvalue weighted by Crippen LogP contribution is 2.39. The SMILES string of the molecule is CC1CC(=O)CCN1c1ccc(Br)cc1C(F)(F)F. The highest BCUT2D eigenvalue weighted by molar-refractivity contribution is 9.10. The van der Waals surface area contributed by atoms with E-state index in [1.54, 1.807) is 17.9 Å². The number of halogens is 4. The molecule has 0 spiro atoms. The van der Waals surface area contributed by atoms with Crippen LogP contribution in [-0.4, -0.2) is 18.4 Å². The molecule has 1 aliphatic rings. The molecule has 1 atom stereocenters. The summed E-state index contributed by atoms with van der Waals surface area (Å²) in [5.41, 5.74) is -0.515. The van der Waals surface area contributed by atoms with E-state index in [1.165, 1.54) is 6.07 Å². The van der Waals surface area contributed by atoms with Crippen molar-refractivity contribution in [3.05, 3.63) is 28.2 Å². The maximum absolute atomic E-state index is 13.1. The monoisotopic (exact) mass is 335 g/mol. The molecule has 1 unspecified atom stereocenters. The zero-order valence-electron chi connectivity index (χ0n) is 10.3. The van der Waals surface area contributed by atoms with Gasteiger partial charge >= 0.3 is 6.18 Å². The fourth-order valence-electron chi connectivity index (χ4n) is 2.35. The van der Waals surface area contributed by atoms with Crippen molar-refractivity contribution in [3.8, 4) is 0 Å². The molecule has 2 nitrogen and oxygen atoms in total. The Kier molecular flexibility index (Phi) is 3.90. The Balaban J connectivity index is 2.42. The molecule has 1 fully saturated rings. The lowest BCUT2D eigenvalue weighted by Gasteiger charge is -2.36. The van der Waals surface area contributed by atoms with Crippen molar-refractivity contribution in [2.24, 2.45) is 0 Å². The molecule has 1 saturated heterocycles. The van der Waals surface area contributed by atoms with Crippen molar-refractivity contribution in [2.45, 2.75) is 32.0 Å². The molecule has 6 heteroatoms. The van der Waals surface area contributed by atoms with Gasteiger partial charge in [0.15, 0.2) is 0 Å². The summed E-state index contributed by atoms with van der Waals surface area (Å²) in [7, 11) is 0. The summed E-state index contributed by atoms with van der Waals surface area (Å²) >= 11 is 3.06. The van der Waals surface area contributed by atoms with E-state index in [9.17, 15) is 18.0 Å². The Labute approximate surface area is 117 Å². The first kappa shape index (κ1) is 14.4. The third-order valence-corrected chi connectivity index (χ3v) is 3.75. The van der Waals surface area contributed by atoms with E-state index in [4.69, 9.17) is 0 Å². The number of hydrogen-bond acceptors (Lipinski definition) is 2. The molecule has 0 bridgehead atoms. The minimum absolute atomic E-state index is 0.106. The van der Waals surface area contributed by atoms with Crippen molar-refractivity contribution >= 4 is 27.4 Å². The first-order chi connectivity index (χ1) is 8.79. The molecule has 0 N–H and O–H groups in total. The van der Waals surface area contributed by atoms with E-state index in [2.05, 4.69) is 15.9 Å². The zero-order chi connectivity index (χ0) is 14.2. The van der Waals surface area contributed by atoms with Crippen molar-refractivity contribution < 1.29 is 18.0 Å². The predicted molar refractivity (Wildman–Crippen MR) is 70.2 cm³/mol. The van der Waals surface area contributed by atoms with Crippen molar-refractivity contribution in [1.82, 2.24) is 0 Å². The van der Waals surface area contributed by atoms with E-state index in [-0.39, 0.29) is 17.5 Å². The van der Waals surface area contributed by atoms with Crippen LogP contribution in [0.3, 0.4) is 0 Å². The van der Waals surface area contributed by atoms with Crippen LogP contribution in [0, 0.1) is 0 Å². The Hall–Kier alpha value is -1.04. The van der Waals surface area contributed by atoms with Crippen LogP contribution in [0.4, 0.5) is 18.9 Å². The maximum Gasteiger partial charge on any atom is 0.418 e. The normalized spacial score (nSPS) is 20.8.